The van der Waals surface area contributed by atoms with Crippen LogP contribution in [-0.4, -0.2) is 53.4 Å². The minimum absolute atomic E-state index is 0.116. The van der Waals surface area contributed by atoms with Gasteiger partial charge in [-0.2, -0.15) is 0 Å². The van der Waals surface area contributed by atoms with Crippen LogP contribution in [0.2, 0.25) is 0 Å². The Morgan fingerprint density at radius 3 is 2.10 bits per heavy atom. The van der Waals surface area contributed by atoms with E-state index in [0.717, 1.165) is 86.1 Å². The third kappa shape index (κ3) is 7.79. The van der Waals surface area contributed by atoms with E-state index in [2.05, 4.69) is 95.9 Å². The second kappa shape index (κ2) is 16.1. The molecule has 2 aliphatic heterocycles. The van der Waals surface area contributed by atoms with Crippen LogP contribution in [0.4, 0.5) is 11.4 Å². The van der Waals surface area contributed by atoms with E-state index in [9.17, 15) is 29.4 Å². The van der Waals surface area contributed by atoms with Gasteiger partial charge in [-0.3, -0.25) is 28.6 Å². The minimum Gasteiger partial charge on any atom is -0.481 e. The number of carboxylic acid groups (broad SMARTS) is 2. The number of rotatable bonds is 11. The lowest BCUT2D eigenvalue weighted by atomic mass is 9.79. The Bertz CT molecular complexity index is 2710. The predicted octanol–water partition coefficient (Wildman–Crippen LogP) is 8.45. The Kier molecular flexibility index (Phi) is 11.1. The monoisotopic (exact) mass is 855 g/mol. The summed E-state index contributed by atoms with van der Waals surface area (Å²) in [5.74, 6) is -2.38. The van der Waals surface area contributed by atoms with Crippen molar-refractivity contribution in [1.29, 1.82) is 0 Å². The van der Waals surface area contributed by atoms with Gasteiger partial charge in [-0.15, -0.1) is 11.3 Å². The van der Waals surface area contributed by atoms with E-state index < -0.39 is 40.9 Å². The van der Waals surface area contributed by atoms with E-state index in [1.165, 1.54) is 10.5 Å². The zero-order valence-electron chi connectivity index (χ0n) is 33.8. The second-order valence-electron chi connectivity index (χ2n) is 16.9. The Morgan fingerprint density at radius 2 is 1.48 bits per heavy atom. The molecule has 1 amide bonds. The topological polar surface area (TPSA) is 120 Å². The number of carboxylic acids is 2. The first kappa shape index (κ1) is 41.2. The highest BCUT2D eigenvalue weighted by molar-refractivity contribution is 8.30. The van der Waals surface area contributed by atoms with E-state index in [-0.39, 0.29) is 20.3 Å². The predicted molar refractivity (Wildman–Crippen MR) is 245 cm³/mol. The van der Waals surface area contributed by atoms with E-state index in [0.29, 0.717) is 16.5 Å². The van der Waals surface area contributed by atoms with Gasteiger partial charge in [0.15, 0.2) is 0 Å². The van der Waals surface area contributed by atoms with Gasteiger partial charge in [-0.05, 0) is 117 Å². The van der Waals surface area contributed by atoms with Crippen molar-refractivity contribution < 1.29 is 24.6 Å². The molecule has 0 spiro atoms. The van der Waals surface area contributed by atoms with Crippen molar-refractivity contribution in [3.8, 4) is 0 Å². The molecule has 2 atom stereocenters. The van der Waals surface area contributed by atoms with Gasteiger partial charge in [-0.1, -0.05) is 109 Å². The zero-order valence-corrected chi connectivity index (χ0v) is 36.2. The van der Waals surface area contributed by atoms with Crippen molar-refractivity contribution in [2.45, 2.75) is 77.4 Å². The Labute approximate surface area is 362 Å². The van der Waals surface area contributed by atoms with Crippen LogP contribution in [0.15, 0.2) is 108 Å². The molecule has 0 bridgehead atoms. The summed E-state index contributed by atoms with van der Waals surface area (Å²) in [5.41, 5.74) is 6.23. The molecule has 3 aliphatic rings. The van der Waals surface area contributed by atoms with Crippen molar-refractivity contribution in [2.24, 2.45) is 5.41 Å². The molecule has 1 saturated heterocycles. The molecule has 9 nitrogen and oxygen atoms in total. The van der Waals surface area contributed by atoms with Crippen molar-refractivity contribution >= 4 is 91.5 Å². The van der Waals surface area contributed by atoms with E-state index in [1.54, 1.807) is 33.8 Å². The third-order valence-corrected chi connectivity index (χ3v) is 14.3. The van der Waals surface area contributed by atoms with E-state index in [4.69, 9.17) is 12.2 Å². The van der Waals surface area contributed by atoms with E-state index in [1.807, 2.05) is 18.2 Å². The maximum absolute atomic E-state index is 14.1. The number of hydrogen-bond acceptors (Lipinski definition) is 8. The third-order valence-electron chi connectivity index (χ3n) is 11.7. The SMILES string of the molecule is CC(C)(CC(C)(C)N1C(=O)/C(=c2\s/c(=C/c3ccc4c(c3)C3CCCC3N4c3ccc(C=C(c4ccccc4)c4ccccc4)cc3)c(=O)n2CC(=O)O)SC1=S)C(=O)O. The largest absolute Gasteiger partial charge is 0.481 e. The molecule has 1 aliphatic carbocycles. The number of thiazole rings is 1. The van der Waals surface area contributed by atoms with Crippen LogP contribution in [-0.2, 0) is 20.9 Å². The lowest BCUT2D eigenvalue weighted by Gasteiger charge is -2.38. The highest BCUT2D eigenvalue weighted by Gasteiger charge is 2.47. The number of aliphatic carboxylic acids is 2. The van der Waals surface area contributed by atoms with Gasteiger partial charge in [-0.25, -0.2) is 0 Å². The van der Waals surface area contributed by atoms with Gasteiger partial charge >= 0.3 is 11.9 Å². The van der Waals surface area contributed by atoms with Gasteiger partial charge in [0.25, 0.3) is 11.5 Å². The van der Waals surface area contributed by atoms with Crippen LogP contribution in [0.3, 0.4) is 0 Å². The van der Waals surface area contributed by atoms with Crippen molar-refractivity contribution in [2.75, 3.05) is 4.90 Å². The van der Waals surface area contributed by atoms with Crippen LogP contribution in [0.5, 0.6) is 0 Å². The molecule has 5 aromatic rings. The number of nitrogens with zero attached hydrogens (tertiary/aromatic N) is 3. The lowest BCUT2D eigenvalue weighted by molar-refractivity contribution is -0.149. The van der Waals surface area contributed by atoms with Crippen LogP contribution < -0.4 is 19.7 Å². The maximum atomic E-state index is 14.1. The molecule has 3 heterocycles. The number of thioether (sulfide) groups is 1. The summed E-state index contributed by atoms with van der Waals surface area (Å²) in [6, 6.07) is 36.1. The number of thiocarbonyl (C=S) groups is 1. The Balaban J connectivity index is 1.13. The summed E-state index contributed by atoms with van der Waals surface area (Å²) >= 11 is 7.72. The number of benzene rings is 4. The van der Waals surface area contributed by atoms with Crippen LogP contribution in [0.25, 0.3) is 22.6 Å². The molecule has 4 aromatic carbocycles. The highest BCUT2D eigenvalue weighted by Crippen LogP contribution is 2.52. The Hall–Kier alpha value is -5.56. The van der Waals surface area contributed by atoms with Gasteiger partial charge < -0.3 is 15.1 Å². The number of fused-ring (bicyclic) bond motifs is 3. The molecule has 12 heteroatoms. The first-order chi connectivity index (χ1) is 28.6. The summed E-state index contributed by atoms with van der Waals surface area (Å²) in [5, 5.41) is 19.6. The summed E-state index contributed by atoms with van der Waals surface area (Å²) in [6.45, 7) is 6.08. The number of hydrogen-bond donors (Lipinski definition) is 2. The normalized spacial score (nSPS) is 18.8. The fourth-order valence-electron chi connectivity index (χ4n) is 9.14. The quantitative estimate of drug-likeness (QED) is 0.0997. The minimum atomic E-state index is -1.22. The molecule has 306 valence electrons. The first-order valence-electron chi connectivity index (χ1n) is 20.0. The van der Waals surface area contributed by atoms with Gasteiger partial charge in [0.05, 0.1) is 9.95 Å². The molecule has 0 radical (unpaired) electrons. The molecule has 1 saturated carbocycles. The summed E-state index contributed by atoms with van der Waals surface area (Å²) in [4.78, 5) is 56.0. The molecular weight excluding hydrogens is 811 g/mol. The van der Waals surface area contributed by atoms with Gasteiger partial charge in [0.2, 0.25) is 0 Å². The maximum Gasteiger partial charge on any atom is 0.323 e. The molecule has 60 heavy (non-hydrogen) atoms. The molecule has 1 aromatic heterocycles. The number of aromatic nitrogens is 1. The Morgan fingerprint density at radius 1 is 0.850 bits per heavy atom. The molecule has 2 fully saturated rings. The van der Waals surface area contributed by atoms with Crippen molar-refractivity contribution in [1.82, 2.24) is 9.47 Å². The van der Waals surface area contributed by atoms with Gasteiger partial charge in [0, 0.05) is 28.9 Å². The summed E-state index contributed by atoms with van der Waals surface area (Å²) < 4.78 is 1.86. The number of anilines is 2. The second-order valence-corrected chi connectivity index (χ2v) is 19.6. The average molecular weight is 856 g/mol. The van der Waals surface area contributed by atoms with Crippen molar-refractivity contribution in [3.05, 3.63) is 150 Å². The number of amides is 1. The highest BCUT2D eigenvalue weighted by atomic mass is 32.2. The van der Waals surface area contributed by atoms with Crippen LogP contribution >= 0.6 is 35.3 Å². The van der Waals surface area contributed by atoms with Crippen molar-refractivity contribution in [3.63, 3.8) is 0 Å². The molecular formula is C48H45N3O6S3. The van der Waals surface area contributed by atoms with E-state index >= 15 is 0 Å². The summed E-state index contributed by atoms with van der Waals surface area (Å²) in [6.07, 6.45) is 7.36. The fourth-order valence-corrected chi connectivity index (χ4v) is 12.0. The fraction of sp³-hybridized carbons (Fsp3) is 0.271. The van der Waals surface area contributed by atoms with Crippen LogP contribution in [0.1, 0.15) is 87.1 Å². The standard InChI is InChI=1S/C48H45N3O6S3/c1-47(2,45(56)57)28-48(3,4)51-43(55)41(60-46(51)58)44-49(27-40(52)53)42(54)39(59-44)26-30-20-23-38-36(25-30)34-16-11-17-37(34)50(38)33-21-18-29(19-22-33)24-35(31-12-7-5-8-13-31)32-14-9-6-10-15-32/h5-10,12-15,18-26,34,37H,11,16-17,27-28H2,1-4H3,(H,52,53)(H,56,57)/b39-26+,44-41+. The summed E-state index contributed by atoms with van der Waals surface area (Å²) in [7, 11) is 0. The molecule has 2 N–H and O–H groups in total. The lowest BCUT2D eigenvalue weighted by Crippen LogP contribution is -2.50. The smallest absolute Gasteiger partial charge is 0.323 e. The molecule has 2 unspecified atom stereocenters. The molecule has 8 rings (SSSR count). The average Bonchev–Trinajstić information content (AvgIpc) is 3.96. The number of carbonyl (C=O) groups excluding carboxylic acids is 1. The first-order valence-corrected chi connectivity index (χ1v) is 22.0. The van der Waals surface area contributed by atoms with Crippen LogP contribution in [0, 0.1) is 5.41 Å². The number of carbonyl (C=O) groups is 3. The van der Waals surface area contributed by atoms with Gasteiger partial charge in [0.1, 0.15) is 20.4 Å². The zero-order chi connectivity index (χ0) is 42.5.